The van der Waals surface area contributed by atoms with Gasteiger partial charge >= 0.3 is 0 Å². The lowest BCUT2D eigenvalue weighted by atomic mass is 10.0. The number of carbonyl (C=O) groups excluding carboxylic acids is 2. The topological polar surface area (TPSA) is 49.4 Å². The van der Waals surface area contributed by atoms with E-state index >= 15 is 0 Å². The van der Waals surface area contributed by atoms with E-state index in [-0.39, 0.29) is 29.9 Å². The average Bonchev–Trinajstić information content (AvgIpc) is 2.85. The van der Waals surface area contributed by atoms with Gasteiger partial charge in [0.15, 0.2) is 0 Å². The minimum atomic E-state index is -0.728. The number of halogens is 3. The van der Waals surface area contributed by atoms with Crippen molar-refractivity contribution >= 4 is 46.8 Å². The summed E-state index contributed by atoms with van der Waals surface area (Å²) in [6, 6.07) is 20.5. The van der Waals surface area contributed by atoms with Crippen LogP contribution in [-0.4, -0.2) is 35.1 Å². The van der Waals surface area contributed by atoms with E-state index in [1.165, 1.54) is 17.8 Å². The molecule has 3 aromatic rings. The van der Waals surface area contributed by atoms with Crippen LogP contribution < -0.4 is 5.32 Å². The van der Waals surface area contributed by atoms with Crippen LogP contribution in [0.4, 0.5) is 4.39 Å². The van der Waals surface area contributed by atoms with Gasteiger partial charge in [-0.1, -0.05) is 77.8 Å². The fraction of sp³-hybridized carbons (Fsp3) is 0.259. The maximum Gasteiger partial charge on any atom is 0.243 e. The molecule has 0 aliphatic rings. The van der Waals surface area contributed by atoms with Crippen LogP contribution in [0.15, 0.2) is 72.8 Å². The first kappa shape index (κ1) is 27.1. The van der Waals surface area contributed by atoms with Crippen LogP contribution in [0.25, 0.3) is 0 Å². The molecule has 2 amide bonds. The van der Waals surface area contributed by atoms with Crippen LogP contribution in [0.5, 0.6) is 0 Å². The summed E-state index contributed by atoms with van der Waals surface area (Å²) in [6.45, 7) is 2.47. The van der Waals surface area contributed by atoms with E-state index in [4.69, 9.17) is 23.2 Å². The van der Waals surface area contributed by atoms with Crippen molar-refractivity contribution in [2.45, 2.75) is 31.7 Å². The number of likely N-dealkylation sites (N-methyl/N-ethyl adjacent to an activating group) is 1. The summed E-state index contributed by atoms with van der Waals surface area (Å²) in [4.78, 5) is 28.2. The van der Waals surface area contributed by atoms with E-state index in [0.717, 1.165) is 11.1 Å². The molecular weight excluding hydrogens is 506 g/mol. The molecule has 0 aliphatic carbocycles. The Balaban J connectivity index is 1.85. The van der Waals surface area contributed by atoms with Gasteiger partial charge in [0, 0.05) is 25.3 Å². The molecule has 0 fully saturated rings. The molecule has 0 bridgehead atoms. The first-order valence-electron chi connectivity index (χ1n) is 11.2. The highest BCUT2D eigenvalue weighted by atomic mass is 35.5. The van der Waals surface area contributed by atoms with E-state index in [9.17, 15) is 14.0 Å². The van der Waals surface area contributed by atoms with Crippen molar-refractivity contribution in [3.05, 3.63) is 105 Å². The van der Waals surface area contributed by atoms with Crippen molar-refractivity contribution in [3.63, 3.8) is 0 Å². The van der Waals surface area contributed by atoms with Crippen LogP contribution in [0, 0.1) is 5.82 Å². The van der Waals surface area contributed by atoms with Gasteiger partial charge in [0.2, 0.25) is 11.8 Å². The first-order valence-corrected chi connectivity index (χ1v) is 13.2. The van der Waals surface area contributed by atoms with Gasteiger partial charge in [0.1, 0.15) is 11.9 Å². The molecule has 0 heterocycles. The smallest absolute Gasteiger partial charge is 0.243 e. The predicted molar refractivity (Wildman–Crippen MR) is 142 cm³/mol. The first-order chi connectivity index (χ1) is 16.9. The van der Waals surface area contributed by atoms with Crippen molar-refractivity contribution in [3.8, 4) is 0 Å². The Morgan fingerprint density at radius 3 is 2.37 bits per heavy atom. The lowest BCUT2D eigenvalue weighted by Gasteiger charge is -2.31. The number of hydrogen-bond acceptors (Lipinski definition) is 3. The maximum atomic E-state index is 14.0. The SMILES string of the molecule is CCNC(=O)C(Cc1ccccc1)N(Cc1ccc(Cl)c(Cl)c1)C(=O)CSCc1ccccc1F. The predicted octanol–water partition coefficient (Wildman–Crippen LogP) is 6.14. The largest absolute Gasteiger partial charge is 0.355 e. The third-order valence-corrected chi connectivity index (χ3v) is 7.11. The van der Waals surface area contributed by atoms with Crippen LogP contribution in [0.1, 0.15) is 23.6 Å². The molecule has 0 aliphatic heterocycles. The van der Waals surface area contributed by atoms with Gasteiger partial charge in [-0.2, -0.15) is 0 Å². The minimum absolute atomic E-state index is 0.0976. The second-order valence-corrected chi connectivity index (χ2v) is 9.75. The highest BCUT2D eigenvalue weighted by molar-refractivity contribution is 7.99. The van der Waals surface area contributed by atoms with Gasteiger partial charge in [-0.05, 0) is 41.8 Å². The fourth-order valence-corrected chi connectivity index (χ4v) is 4.84. The molecule has 1 N–H and O–H groups in total. The van der Waals surface area contributed by atoms with Crippen molar-refractivity contribution in [1.29, 1.82) is 0 Å². The molecular formula is C27H27Cl2FN2O2S. The standard InChI is InChI=1S/C27H27Cl2FN2O2S/c1-2-31-27(34)25(15-19-8-4-3-5-9-19)32(16-20-12-13-22(28)23(29)14-20)26(33)18-35-17-21-10-6-7-11-24(21)30/h3-14,25H,2,15-18H2,1H3,(H,31,34). The molecule has 35 heavy (non-hydrogen) atoms. The molecule has 0 saturated carbocycles. The molecule has 4 nitrogen and oxygen atoms in total. The third-order valence-electron chi connectivity index (χ3n) is 5.40. The summed E-state index contributed by atoms with van der Waals surface area (Å²) in [6.07, 6.45) is 0.359. The van der Waals surface area contributed by atoms with Crippen molar-refractivity contribution in [2.24, 2.45) is 0 Å². The second-order valence-electron chi connectivity index (χ2n) is 7.95. The van der Waals surface area contributed by atoms with E-state index < -0.39 is 6.04 Å². The summed E-state index contributed by atoms with van der Waals surface area (Å²) in [5, 5.41) is 3.65. The molecule has 184 valence electrons. The minimum Gasteiger partial charge on any atom is -0.355 e. The zero-order valence-electron chi connectivity index (χ0n) is 19.3. The zero-order chi connectivity index (χ0) is 25.2. The summed E-state index contributed by atoms with van der Waals surface area (Å²) < 4.78 is 14.0. The number of benzene rings is 3. The Morgan fingerprint density at radius 1 is 0.971 bits per heavy atom. The number of amides is 2. The van der Waals surface area contributed by atoms with E-state index in [2.05, 4.69) is 5.32 Å². The van der Waals surface area contributed by atoms with Gasteiger partial charge in [0.05, 0.1) is 15.8 Å². The highest BCUT2D eigenvalue weighted by Crippen LogP contribution is 2.25. The molecule has 1 unspecified atom stereocenters. The molecule has 0 saturated heterocycles. The summed E-state index contributed by atoms with van der Waals surface area (Å²) in [5.41, 5.74) is 2.23. The molecule has 3 aromatic carbocycles. The molecule has 8 heteroatoms. The normalized spacial score (nSPS) is 11.7. The third kappa shape index (κ3) is 7.99. The van der Waals surface area contributed by atoms with Crippen molar-refractivity contribution in [2.75, 3.05) is 12.3 Å². The molecule has 0 aromatic heterocycles. The van der Waals surface area contributed by atoms with Gasteiger partial charge in [-0.25, -0.2) is 4.39 Å². The Bertz CT molecular complexity index is 1150. The molecule has 0 radical (unpaired) electrons. The monoisotopic (exact) mass is 532 g/mol. The van der Waals surface area contributed by atoms with E-state index in [1.54, 1.807) is 41.3 Å². The zero-order valence-corrected chi connectivity index (χ0v) is 21.7. The Hall–Kier alpha value is -2.54. The van der Waals surface area contributed by atoms with Gasteiger partial charge < -0.3 is 10.2 Å². The van der Waals surface area contributed by atoms with Crippen LogP contribution in [0.3, 0.4) is 0 Å². The van der Waals surface area contributed by atoms with Gasteiger partial charge in [0.25, 0.3) is 0 Å². The highest BCUT2D eigenvalue weighted by Gasteiger charge is 2.30. The maximum absolute atomic E-state index is 14.0. The Kier molecular flexibility index (Phi) is 10.5. The quantitative estimate of drug-likeness (QED) is 0.322. The summed E-state index contributed by atoms with van der Waals surface area (Å²) >= 11 is 13.6. The molecule has 3 rings (SSSR count). The van der Waals surface area contributed by atoms with Gasteiger partial charge in [-0.15, -0.1) is 11.8 Å². The summed E-state index contributed by atoms with van der Waals surface area (Å²) in [7, 11) is 0. The van der Waals surface area contributed by atoms with Crippen molar-refractivity contribution < 1.29 is 14.0 Å². The molecule has 0 spiro atoms. The number of hydrogen-bond donors (Lipinski definition) is 1. The van der Waals surface area contributed by atoms with E-state index in [0.29, 0.717) is 34.3 Å². The van der Waals surface area contributed by atoms with E-state index in [1.807, 2.05) is 37.3 Å². The number of nitrogens with one attached hydrogen (secondary N) is 1. The Morgan fingerprint density at radius 2 is 1.69 bits per heavy atom. The number of rotatable bonds is 11. The van der Waals surface area contributed by atoms with Crippen LogP contribution in [-0.2, 0) is 28.3 Å². The molecule has 1 atom stereocenters. The van der Waals surface area contributed by atoms with Gasteiger partial charge in [-0.3, -0.25) is 9.59 Å². The lowest BCUT2D eigenvalue weighted by Crippen LogP contribution is -2.51. The number of thioether (sulfide) groups is 1. The Labute approximate surface area is 219 Å². The average molecular weight is 533 g/mol. The second kappa shape index (κ2) is 13.5. The summed E-state index contributed by atoms with van der Waals surface area (Å²) in [5.74, 6) is -0.304. The van der Waals surface area contributed by atoms with Crippen LogP contribution >= 0.6 is 35.0 Å². The van der Waals surface area contributed by atoms with Crippen LogP contribution in [0.2, 0.25) is 10.0 Å². The number of nitrogens with zero attached hydrogens (tertiary/aromatic N) is 1. The number of carbonyl (C=O) groups is 2. The fourth-order valence-electron chi connectivity index (χ4n) is 3.63. The lowest BCUT2D eigenvalue weighted by molar-refractivity contribution is -0.139. The van der Waals surface area contributed by atoms with Crippen molar-refractivity contribution in [1.82, 2.24) is 10.2 Å².